The first-order valence-corrected chi connectivity index (χ1v) is 26.3. The quantitative estimate of drug-likeness (QED) is 0.0197. The number of carbonyl (C=O) groups excluding carboxylic acids is 3. The molecule has 0 aliphatic heterocycles. The van der Waals surface area contributed by atoms with E-state index in [0.717, 1.165) is 83.5 Å². The van der Waals surface area contributed by atoms with Crippen LogP contribution in [0.1, 0.15) is 175 Å². The maximum Gasteiger partial charge on any atom is 0.472 e. The van der Waals surface area contributed by atoms with E-state index in [2.05, 4.69) is 106 Å². The summed E-state index contributed by atoms with van der Waals surface area (Å²) in [6.45, 7) is 4.19. The fourth-order valence-corrected chi connectivity index (χ4v) is 6.79. The van der Waals surface area contributed by atoms with Gasteiger partial charge in [-0.25, -0.2) is 4.57 Å². The first kappa shape index (κ1) is 62.1. The van der Waals surface area contributed by atoms with Crippen molar-refractivity contribution < 1.29 is 52.2 Å². The van der Waals surface area contributed by atoms with Crippen molar-refractivity contribution in [2.75, 3.05) is 26.4 Å². The number of unbranched alkanes of at least 4 members (excludes halogenated alkanes) is 10. The molecule has 0 aliphatic rings. The highest BCUT2D eigenvalue weighted by Gasteiger charge is 2.28. The molecule has 0 aromatic carbocycles. The topological polar surface area (TPSA) is 155 Å². The van der Waals surface area contributed by atoms with Gasteiger partial charge in [0.25, 0.3) is 0 Å². The van der Waals surface area contributed by atoms with Crippen LogP contribution in [0.3, 0.4) is 0 Å². The van der Waals surface area contributed by atoms with Crippen LogP contribution >= 0.6 is 7.82 Å². The summed E-state index contributed by atoms with van der Waals surface area (Å²) in [6.07, 6.45) is 55.4. The van der Waals surface area contributed by atoms with Gasteiger partial charge in [-0.15, -0.1) is 0 Å². The second kappa shape index (κ2) is 47.6. The highest BCUT2D eigenvalue weighted by molar-refractivity contribution is 7.47. The number of rotatable bonds is 44. The number of phosphoric ester groups is 1. The van der Waals surface area contributed by atoms with Gasteiger partial charge < -0.3 is 24.2 Å². The normalized spacial score (nSPS) is 14.4. The van der Waals surface area contributed by atoms with E-state index in [1.807, 2.05) is 18.2 Å². The van der Waals surface area contributed by atoms with Crippen LogP contribution in [-0.4, -0.2) is 66.5 Å². The number of hydrogen-bond donors (Lipinski definition) is 2. The molecule has 3 atom stereocenters. The zero-order valence-electron chi connectivity index (χ0n) is 40.9. The third kappa shape index (κ3) is 45.3. The van der Waals surface area contributed by atoms with Crippen LogP contribution in [0, 0.1) is 0 Å². The minimum Gasteiger partial charge on any atom is -0.462 e. The zero-order valence-corrected chi connectivity index (χ0v) is 41.8. The predicted molar refractivity (Wildman–Crippen MR) is 270 cm³/mol. The van der Waals surface area contributed by atoms with Crippen LogP contribution in [0.15, 0.2) is 109 Å². The number of carbonyl (C=O) groups is 3. The van der Waals surface area contributed by atoms with Crippen LogP contribution in [0.25, 0.3) is 0 Å². The molecular formula is C54H87O11P. The van der Waals surface area contributed by atoms with Gasteiger partial charge >= 0.3 is 25.7 Å². The van der Waals surface area contributed by atoms with Crippen molar-refractivity contribution in [3.8, 4) is 0 Å². The van der Waals surface area contributed by atoms with Crippen molar-refractivity contribution in [1.29, 1.82) is 0 Å². The molecule has 0 rings (SSSR count). The average molecular weight is 943 g/mol. The van der Waals surface area contributed by atoms with Crippen molar-refractivity contribution >= 4 is 25.7 Å². The lowest BCUT2D eigenvalue weighted by Crippen LogP contribution is -2.30. The number of aliphatic hydroxyl groups is 1. The van der Waals surface area contributed by atoms with Crippen LogP contribution in [0.4, 0.5) is 0 Å². The molecule has 0 spiro atoms. The van der Waals surface area contributed by atoms with Gasteiger partial charge in [0.05, 0.1) is 26.2 Å². The van der Waals surface area contributed by atoms with E-state index in [1.54, 1.807) is 6.08 Å². The fraction of sp³-hybridized carbons (Fsp3) is 0.611. The van der Waals surface area contributed by atoms with Crippen LogP contribution < -0.4 is 0 Å². The van der Waals surface area contributed by atoms with E-state index < -0.39 is 64.4 Å². The second-order valence-electron chi connectivity index (χ2n) is 15.9. The van der Waals surface area contributed by atoms with Crippen molar-refractivity contribution in [3.05, 3.63) is 109 Å². The minimum atomic E-state index is -4.77. The molecule has 0 fully saturated rings. The molecule has 3 unspecified atom stereocenters. The molecule has 66 heavy (non-hydrogen) atoms. The van der Waals surface area contributed by atoms with Gasteiger partial charge in [-0.2, -0.15) is 0 Å². The lowest BCUT2D eigenvalue weighted by Gasteiger charge is -2.21. The molecule has 0 amide bonds. The van der Waals surface area contributed by atoms with Crippen LogP contribution in [0.5, 0.6) is 0 Å². The van der Waals surface area contributed by atoms with Crippen molar-refractivity contribution in [3.63, 3.8) is 0 Å². The smallest absolute Gasteiger partial charge is 0.462 e. The summed E-state index contributed by atoms with van der Waals surface area (Å²) in [6, 6.07) is 0. The molecule has 0 bridgehead atoms. The Balaban J connectivity index is 4.97. The summed E-state index contributed by atoms with van der Waals surface area (Å²) in [5, 5.41) is 9.73. The summed E-state index contributed by atoms with van der Waals surface area (Å²) in [7, 11) is -4.77. The van der Waals surface area contributed by atoms with E-state index in [9.17, 15) is 28.9 Å². The van der Waals surface area contributed by atoms with Crippen molar-refractivity contribution in [2.24, 2.45) is 0 Å². The molecule has 0 aliphatic carbocycles. The van der Waals surface area contributed by atoms with Gasteiger partial charge in [0.2, 0.25) is 0 Å². The third-order valence-electron chi connectivity index (χ3n) is 9.72. The van der Waals surface area contributed by atoms with Crippen LogP contribution in [-0.2, 0) is 42.2 Å². The Kier molecular flexibility index (Phi) is 44.8. The minimum absolute atomic E-state index is 0.0782. The summed E-state index contributed by atoms with van der Waals surface area (Å²) < 4.78 is 39.1. The SMILES string of the molecule is CC/C=C\C/C=C\C/C=C\C/C=C\C/C=C\CC(=O)OC(COC(=O)CCCC/C=C\C/C=C\C/C=C\C/C=C\CC)COP(=O)(O)OCC(CO)OC(=O)CCCCCCCCCCC. The summed E-state index contributed by atoms with van der Waals surface area (Å²) >= 11 is 0. The van der Waals surface area contributed by atoms with E-state index in [-0.39, 0.29) is 19.3 Å². The van der Waals surface area contributed by atoms with Crippen molar-refractivity contribution in [1.82, 2.24) is 0 Å². The van der Waals surface area contributed by atoms with Gasteiger partial charge in [-0.3, -0.25) is 23.4 Å². The lowest BCUT2D eigenvalue weighted by molar-refractivity contribution is -0.160. The number of esters is 3. The molecule has 0 aromatic heterocycles. The molecule has 0 saturated heterocycles. The summed E-state index contributed by atoms with van der Waals surface area (Å²) in [5.74, 6) is -1.69. The van der Waals surface area contributed by atoms with Gasteiger partial charge in [0, 0.05) is 12.8 Å². The van der Waals surface area contributed by atoms with E-state index in [1.165, 1.54) is 32.1 Å². The Morgan fingerprint density at radius 1 is 0.455 bits per heavy atom. The number of ether oxygens (including phenoxy) is 3. The summed E-state index contributed by atoms with van der Waals surface area (Å²) in [5.41, 5.74) is 0. The first-order chi connectivity index (χ1) is 32.2. The molecule has 0 saturated carbocycles. The van der Waals surface area contributed by atoms with Crippen molar-refractivity contribution in [2.45, 2.75) is 187 Å². The predicted octanol–water partition coefficient (Wildman–Crippen LogP) is 13.9. The Morgan fingerprint density at radius 2 is 0.848 bits per heavy atom. The Labute approximate surface area is 399 Å². The van der Waals surface area contributed by atoms with Gasteiger partial charge in [-0.1, -0.05) is 182 Å². The standard InChI is InChI=1S/C54H87O11P/c1-4-7-10-13-16-19-21-23-25-27-29-32-34-37-40-43-52(56)61-47-51(65-54(58)45-42-39-36-33-30-28-26-24-22-20-17-14-11-8-5-2)49-63-66(59,60)62-48-50(46-55)64-53(57)44-41-38-35-31-18-15-12-9-6-3/h7-8,10-11,16-17,19-20,23-26,29-30,32-33,39,42,50-51,55H,4-6,9,12-15,18,21-22,27-28,31,34-38,40-41,43-49H2,1-3H3,(H,59,60)/b10-7-,11-8-,19-16-,20-17-,25-23-,26-24-,32-29-,33-30-,42-39-. The third-order valence-corrected chi connectivity index (χ3v) is 10.7. The molecule has 0 radical (unpaired) electrons. The van der Waals surface area contributed by atoms with Gasteiger partial charge in [-0.05, 0) is 83.5 Å². The first-order valence-electron chi connectivity index (χ1n) is 24.8. The monoisotopic (exact) mass is 943 g/mol. The zero-order chi connectivity index (χ0) is 48.4. The molecule has 0 heterocycles. The van der Waals surface area contributed by atoms with Crippen LogP contribution in [0.2, 0.25) is 0 Å². The molecule has 12 heteroatoms. The summed E-state index contributed by atoms with van der Waals surface area (Å²) in [4.78, 5) is 48.1. The number of hydrogen-bond acceptors (Lipinski definition) is 10. The Morgan fingerprint density at radius 3 is 1.33 bits per heavy atom. The van der Waals surface area contributed by atoms with Gasteiger partial charge in [0.15, 0.2) is 6.10 Å². The van der Waals surface area contributed by atoms with Gasteiger partial charge in [0.1, 0.15) is 12.7 Å². The largest absolute Gasteiger partial charge is 0.472 e. The Bertz CT molecular complexity index is 1520. The molecular weight excluding hydrogens is 856 g/mol. The fourth-order valence-electron chi connectivity index (χ4n) is 6.01. The molecule has 11 nitrogen and oxygen atoms in total. The maximum atomic E-state index is 12.8. The lowest BCUT2D eigenvalue weighted by atomic mass is 10.1. The molecule has 374 valence electrons. The number of phosphoric acid groups is 1. The van der Waals surface area contributed by atoms with E-state index >= 15 is 0 Å². The Hall–Kier alpha value is -3.86. The number of aliphatic hydroxyl groups excluding tert-OH is 1. The maximum absolute atomic E-state index is 12.8. The number of allylic oxidation sites excluding steroid dienone is 17. The molecule has 0 aromatic rings. The highest BCUT2D eigenvalue weighted by Crippen LogP contribution is 2.43. The van der Waals surface area contributed by atoms with E-state index in [4.69, 9.17) is 23.3 Å². The average Bonchev–Trinajstić information content (AvgIpc) is 3.30. The highest BCUT2D eigenvalue weighted by atomic mass is 31.2. The van der Waals surface area contributed by atoms with E-state index in [0.29, 0.717) is 19.3 Å². The molecule has 2 N–H and O–H groups in total. The second-order valence-corrected chi connectivity index (χ2v) is 17.3.